The number of benzene rings is 1. The molecule has 0 N–H and O–H groups in total. The van der Waals surface area contributed by atoms with E-state index in [0.29, 0.717) is 18.1 Å². The molecule has 1 atom stereocenters. The molecule has 1 fully saturated rings. The standard InChI is InChI=1S/C17H20F2N2O/c1-11(2)8-21-10-20-16(17(21)13-5-6-22-9-13)12-3-4-14(18)15(19)7-12/h3-4,7,10-11,13H,5-6,8-9H2,1-2H3. The lowest BCUT2D eigenvalue weighted by atomic mass is 9.98. The summed E-state index contributed by atoms with van der Waals surface area (Å²) in [5, 5.41) is 0. The van der Waals surface area contributed by atoms with Crippen LogP contribution >= 0.6 is 0 Å². The summed E-state index contributed by atoms with van der Waals surface area (Å²) in [6.07, 6.45) is 2.73. The molecule has 0 radical (unpaired) electrons. The Morgan fingerprint density at radius 1 is 1.32 bits per heavy atom. The van der Waals surface area contributed by atoms with E-state index in [-0.39, 0.29) is 5.92 Å². The Kier molecular flexibility index (Phi) is 4.25. The number of aromatic nitrogens is 2. The number of rotatable bonds is 4. The van der Waals surface area contributed by atoms with Gasteiger partial charge in [-0.2, -0.15) is 0 Å². The van der Waals surface area contributed by atoms with Crippen molar-refractivity contribution in [2.45, 2.75) is 32.7 Å². The van der Waals surface area contributed by atoms with E-state index in [0.717, 1.165) is 37.0 Å². The molecule has 0 spiro atoms. The number of imidazole rings is 1. The average molecular weight is 306 g/mol. The first-order valence-corrected chi connectivity index (χ1v) is 7.64. The number of hydrogen-bond donors (Lipinski definition) is 0. The molecule has 3 nitrogen and oxygen atoms in total. The molecule has 0 amide bonds. The minimum atomic E-state index is -0.843. The summed E-state index contributed by atoms with van der Waals surface area (Å²) in [7, 11) is 0. The molecular weight excluding hydrogens is 286 g/mol. The van der Waals surface area contributed by atoms with Crippen LogP contribution in [0.25, 0.3) is 11.3 Å². The van der Waals surface area contributed by atoms with Crippen molar-refractivity contribution in [3.05, 3.63) is 41.9 Å². The molecule has 5 heteroatoms. The smallest absolute Gasteiger partial charge is 0.159 e. The van der Waals surface area contributed by atoms with Gasteiger partial charge in [-0.25, -0.2) is 13.8 Å². The fourth-order valence-electron chi connectivity index (χ4n) is 2.97. The molecule has 1 unspecified atom stereocenters. The summed E-state index contributed by atoms with van der Waals surface area (Å²) >= 11 is 0. The minimum absolute atomic E-state index is 0.254. The lowest BCUT2D eigenvalue weighted by Gasteiger charge is -2.16. The van der Waals surface area contributed by atoms with Gasteiger partial charge in [-0.15, -0.1) is 0 Å². The minimum Gasteiger partial charge on any atom is -0.381 e. The Balaban J connectivity index is 2.06. The second-order valence-corrected chi connectivity index (χ2v) is 6.21. The van der Waals surface area contributed by atoms with Crippen LogP contribution in [0, 0.1) is 17.6 Å². The normalized spacial score (nSPS) is 18.3. The van der Waals surface area contributed by atoms with Crippen molar-refractivity contribution < 1.29 is 13.5 Å². The first-order valence-electron chi connectivity index (χ1n) is 7.64. The molecule has 2 aromatic rings. The van der Waals surface area contributed by atoms with E-state index in [4.69, 9.17) is 4.74 Å². The van der Waals surface area contributed by atoms with E-state index in [9.17, 15) is 8.78 Å². The zero-order chi connectivity index (χ0) is 15.7. The molecular formula is C17H20F2N2O. The van der Waals surface area contributed by atoms with E-state index in [1.165, 1.54) is 6.07 Å². The van der Waals surface area contributed by atoms with Crippen molar-refractivity contribution in [1.82, 2.24) is 9.55 Å². The van der Waals surface area contributed by atoms with Gasteiger partial charge in [0.15, 0.2) is 11.6 Å². The van der Waals surface area contributed by atoms with Crippen LogP contribution in [0.4, 0.5) is 8.78 Å². The monoisotopic (exact) mass is 306 g/mol. The first kappa shape index (κ1) is 15.2. The van der Waals surface area contributed by atoms with Crippen LogP contribution in [0.3, 0.4) is 0 Å². The number of halogens is 2. The molecule has 1 aromatic heterocycles. The van der Waals surface area contributed by atoms with Crippen LogP contribution in [-0.4, -0.2) is 22.8 Å². The molecule has 1 aromatic carbocycles. The van der Waals surface area contributed by atoms with Crippen molar-refractivity contribution in [2.24, 2.45) is 5.92 Å². The lowest BCUT2D eigenvalue weighted by molar-refractivity contribution is 0.193. The Morgan fingerprint density at radius 3 is 2.77 bits per heavy atom. The van der Waals surface area contributed by atoms with E-state index in [2.05, 4.69) is 23.4 Å². The molecule has 3 rings (SSSR count). The van der Waals surface area contributed by atoms with Gasteiger partial charge in [-0.3, -0.25) is 0 Å². The van der Waals surface area contributed by atoms with E-state index in [1.807, 2.05) is 0 Å². The van der Waals surface area contributed by atoms with Crippen molar-refractivity contribution in [3.8, 4) is 11.3 Å². The molecule has 1 aliphatic heterocycles. The van der Waals surface area contributed by atoms with E-state index < -0.39 is 11.6 Å². The summed E-state index contributed by atoms with van der Waals surface area (Å²) in [6.45, 7) is 6.52. The predicted molar refractivity (Wildman–Crippen MR) is 80.6 cm³/mol. The average Bonchev–Trinajstić information content (AvgIpc) is 3.10. The maximum atomic E-state index is 13.6. The van der Waals surface area contributed by atoms with Gasteiger partial charge in [0, 0.05) is 24.6 Å². The van der Waals surface area contributed by atoms with Crippen LogP contribution in [0.15, 0.2) is 24.5 Å². The lowest BCUT2D eigenvalue weighted by Crippen LogP contribution is -2.12. The zero-order valence-electron chi connectivity index (χ0n) is 12.9. The summed E-state index contributed by atoms with van der Waals surface area (Å²) in [5.74, 6) is -0.946. The summed E-state index contributed by atoms with van der Waals surface area (Å²) in [4.78, 5) is 4.47. The molecule has 1 aliphatic rings. The molecule has 118 valence electrons. The van der Waals surface area contributed by atoms with Gasteiger partial charge in [0.25, 0.3) is 0 Å². The fourth-order valence-corrected chi connectivity index (χ4v) is 2.97. The SMILES string of the molecule is CC(C)Cn1cnc(-c2ccc(F)c(F)c2)c1C1CCOC1. The largest absolute Gasteiger partial charge is 0.381 e. The third-order valence-corrected chi connectivity index (χ3v) is 3.95. The number of ether oxygens (including phenoxy) is 1. The van der Waals surface area contributed by atoms with Crippen LogP contribution < -0.4 is 0 Å². The summed E-state index contributed by atoms with van der Waals surface area (Å²) in [6, 6.07) is 3.96. The van der Waals surface area contributed by atoms with Gasteiger partial charge in [0.1, 0.15) is 0 Å². The van der Waals surface area contributed by atoms with Gasteiger partial charge in [0.2, 0.25) is 0 Å². The van der Waals surface area contributed by atoms with E-state index in [1.54, 1.807) is 12.4 Å². The molecule has 22 heavy (non-hydrogen) atoms. The number of nitrogens with zero attached hydrogens (tertiary/aromatic N) is 2. The van der Waals surface area contributed by atoms with Crippen LogP contribution in [0.2, 0.25) is 0 Å². The third-order valence-electron chi connectivity index (χ3n) is 3.95. The quantitative estimate of drug-likeness (QED) is 0.854. The Morgan fingerprint density at radius 2 is 2.14 bits per heavy atom. The van der Waals surface area contributed by atoms with Crippen LogP contribution in [0.1, 0.15) is 31.9 Å². The zero-order valence-corrected chi connectivity index (χ0v) is 12.9. The van der Waals surface area contributed by atoms with Gasteiger partial charge in [-0.05, 0) is 30.5 Å². The third kappa shape index (κ3) is 2.90. The molecule has 1 saturated heterocycles. The Hall–Kier alpha value is -1.75. The highest BCUT2D eigenvalue weighted by Crippen LogP contribution is 2.34. The number of hydrogen-bond acceptors (Lipinski definition) is 2. The van der Waals surface area contributed by atoms with E-state index >= 15 is 0 Å². The van der Waals surface area contributed by atoms with Crippen molar-refractivity contribution >= 4 is 0 Å². The highest BCUT2D eigenvalue weighted by Gasteiger charge is 2.26. The molecule has 0 saturated carbocycles. The van der Waals surface area contributed by atoms with Crippen LogP contribution in [-0.2, 0) is 11.3 Å². The predicted octanol–water partition coefficient (Wildman–Crippen LogP) is 3.99. The van der Waals surface area contributed by atoms with Crippen molar-refractivity contribution in [1.29, 1.82) is 0 Å². The van der Waals surface area contributed by atoms with Crippen LogP contribution in [0.5, 0.6) is 0 Å². The summed E-state index contributed by atoms with van der Waals surface area (Å²) < 4.78 is 34.4. The van der Waals surface area contributed by atoms with Gasteiger partial charge in [0.05, 0.1) is 24.3 Å². The highest BCUT2D eigenvalue weighted by atomic mass is 19.2. The van der Waals surface area contributed by atoms with Crippen molar-refractivity contribution in [2.75, 3.05) is 13.2 Å². The summed E-state index contributed by atoms with van der Waals surface area (Å²) in [5.41, 5.74) is 2.41. The second kappa shape index (κ2) is 6.16. The highest BCUT2D eigenvalue weighted by molar-refractivity contribution is 5.63. The van der Waals surface area contributed by atoms with Gasteiger partial charge >= 0.3 is 0 Å². The second-order valence-electron chi connectivity index (χ2n) is 6.21. The Bertz CT molecular complexity index is 661. The maximum Gasteiger partial charge on any atom is 0.159 e. The maximum absolute atomic E-state index is 13.6. The first-order chi connectivity index (χ1) is 10.6. The van der Waals surface area contributed by atoms with Crippen molar-refractivity contribution in [3.63, 3.8) is 0 Å². The molecule has 2 heterocycles. The molecule has 0 bridgehead atoms. The fraction of sp³-hybridized carbons (Fsp3) is 0.471. The van der Waals surface area contributed by atoms with Gasteiger partial charge in [-0.1, -0.05) is 13.8 Å². The topological polar surface area (TPSA) is 27.1 Å². The van der Waals surface area contributed by atoms with Gasteiger partial charge < -0.3 is 9.30 Å². The molecule has 0 aliphatic carbocycles. The Labute approximate surface area is 128 Å².